The van der Waals surface area contributed by atoms with Gasteiger partial charge in [0.2, 0.25) is 0 Å². The van der Waals surface area contributed by atoms with E-state index in [-0.39, 0.29) is 27.2 Å². The number of carbonyl (C=O) groups is 1. The van der Waals surface area contributed by atoms with Gasteiger partial charge in [-0.15, -0.1) is 0 Å². The van der Waals surface area contributed by atoms with Gasteiger partial charge in [-0.2, -0.15) is 0 Å². The lowest BCUT2D eigenvalue weighted by molar-refractivity contribution is -0.385. The van der Waals surface area contributed by atoms with E-state index >= 15 is 0 Å². The average Bonchev–Trinajstić information content (AvgIpc) is 2.77. The molecule has 0 bridgehead atoms. The number of rotatable bonds is 4. The van der Waals surface area contributed by atoms with E-state index in [0.29, 0.717) is 4.47 Å². The van der Waals surface area contributed by atoms with E-state index in [4.69, 9.17) is 4.74 Å². The molecule has 0 saturated heterocycles. The summed E-state index contributed by atoms with van der Waals surface area (Å²) in [6, 6.07) is 5.19. The normalized spacial score (nSPS) is 10.3. The van der Waals surface area contributed by atoms with Crippen LogP contribution in [-0.2, 0) is 0 Å². The van der Waals surface area contributed by atoms with E-state index in [1.165, 1.54) is 19.1 Å². The summed E-state index contributed by atoms with van der Waals surface area (Å²) < 4.78 is 19.4. The third-order valence-electron chi connectivity index (χ3n) is 2.32. The molecule has 0 fully saturated rings. The molecule has 0 N–H and O–H groups in total. The van der Waals surface area contributed by atoms with Crippen molar-refractivity contribution < 1.29 is 18.8 Å². The Kier molecular flexibility index (Phi) is 4.15. The maximum Gasteiger partial charge on any atom is 0.323 e. The maximum absolute atomic E-state index is 13.6. The van der Waals surface area contributed by atoms with Crippen molar-refractivity contribution in [3.05, 3.63) is 49.5 Å². The second-order valence-electron chi connectivity index (χ2n) is 3.77. The smallest absolute Gasteiger partial charge is 0.323 e. The molecule has 0 amide bonds. The zero-order valence-corrected chi connectivity index (χ0v) is 12.5. The fourth-order valence-electron chi connectivity index (χ4n) is 1.40. The van der Waals surface area contributed by atoms with Crippen LogP contribution in [0.4, 0.5) is 10.1 Å². The number of ketones is 1. The van der Waals surface area contributed by atoms with Gasteiger partial charge in [-0.1, -0.05) is 27.3 Å². The van der Waals surface area contributed by atoms with Gasteiger partial charge >= 0.3 is 5.69 Å². The summed E-state index contributed by atoms with van der Waals surface area (Å²) in [4.78, 5) is 21.7. The number of nitrogens with zero attached hydrogens (tertiary/aromatic N) is 1. The Morgan fingerprint density at radius 2 is 2.15 bits per heavy atom. The first-order valence-corrected chi connectivity index (χ1v) is 6.91. The summed E-state index contributed by atoms with van der Waals surface area (Å²) in [5.41, 5.74) is -0.359. The Labute approximate surface area is 125 Å². The second-order valence-corrected chi connectivity index (χ2v) is 5.70. The number of ether oxygens (including phenoxy) is 1. The predicted octanol–water partition coefficient (Wildman–Crippen LogP) is 4.55. The molecule has 0 saturated carbocycles. The lowest BCUT2D eigenvalue weighted by Crippen LogP contribution is -1.91. The van der Waals surface area contributed by atoms with Gasteiger partial charge in [-0.3, -0.25) is 14.9 Å². The first-order chi connectivity index (χ1) is 9.38. The van der Waals surface area contributed by atoms with Gasteiger partial charge in [0.25, 0.3) is 5.06 Å². The number of carbonyl (C=O) groups excluding carboxylic acids is 1. The molecule has 0 spiro atoms. The summed E-state index contributed by atoms with van der Waals surface area (Å²) in [6.07, 6.45) is 0. The van der Waals surface area contributed by atoms with Crippen LogP contribution in [0.5, 0.6) is 10.8 Å². The van der Waals surface area contributed by atoms with Gasteiger partial charge in [-0.05, 0) is 25.1 Å². The molecular formula is C12H7BrFNO4S. The fourth-order valence-corrected chi connectivity index (χ4v) is 2.61. The van der Waals surface area contributed by atoms with Gasteiger partial charge in [0.1, 0.15) is 0 Å². The SMILES string of the molecule is CC(=O)c1cc([N+](=O)[O-])c(Oc2ccc(Br)cc2F)s1. The van der Waals surface area contributed by atoms with E-state index in [0.717, 1.165) is 17.4 Å². The van der Waals surface area contributed by atoms with Crippen LogP contribution in [0.15, 0.2) is 28.7 Å². The molecule has 0 unspecified atom stereocenters. The van der Waals surface area contributed by atoms with E-state index < -0.39 is 10.7 Å². The number of thiophene rings is 1. The monoisotopic (exact) mass is 359 g/mol. The Bertz CT molecular complexity index is 701. The third-order valence-corrected chi connectivity index (χ3v) is 3.92. The van der Waals surface area contributed by atoms with Crippen LogP contribution in [-0.4, -0.2) is 10.7 Å². The first-order valence-electron chi connectivity index (χ1n) is 5.30. The van der Waals surface area contributed by atoms with Crippen molar-refractivity contribution in [1.29, 1.82) is 0 Å². The van der Waals surface area contributed by atoms with Crippen molar-refractivity contribution >= 4 is 38.7 Å². The molecule has 1 heterocycles. The van der Waals surface area contributed by atoms with Crippen molar-refractivity contribution in [3.8, 4) is 10.8 Å². The topological polar surface area (TPSA) is 69.4 Å². The third kappa shape index (κ3) is 3.02. The van der Waals surface area contributed by atoms with Gasteiger partial charge in [-0.25, -0.2) is 4.39 Å². The summed E-state index contributed by atoms with van der Waals surface area (Å²) >= 11 is 3.91. The zero-order valence-electron chi connectivity index (χ0n) is 10.1. The molecule has 0 aliphatic carbocycles. The van der Waals surface area contributed by atoms with Crippen LogP contribution >= 0.6 is 27.3 Å². The van der Waals surface area contributed by atoms with Crippen LogP contribution < -0.4 is 4.74 Å². The Morgan fingerprint density at radius 1 is 1.45 bits per heavy atom. The molecule has 2 rings (SSSR count). The van der Waals surface area contributed by atoms with E-state index in [2.05, 4.69) is 15.9 Å². The molecule has 0 aliphatic rings. The Morgan fingerprint density at radius 3 is 2.70 bits per heavy atom. The number of hydrogen-bond donors (Lipinski definition) is 0. The fraction of sp³-hybridized carbons (Fsp3) is 0.0833. The van der Waals surface area contributed by atoms with Gasteiger partial charge in [0.05, 0.1) is 9.80 Å². The lowest BCUT2D eigenvalue weighted by Gasteiger charge is -2.04. The molecule has 2 aromatic rings. The molecule has 1 aromatic carbocycles. The highest BCUT2D eigenvalue weighted by Crippen LogP contribution is 2.40. The van der Waals surface area contributed by atoms with E-state index in [1.807, 2.05) is 0 Å². The van der Waals surface area contributed by atoms with Crippen LogP contribution in [0.1, 0.15) is 16.6 Å². The molecule has 104 valence electrons. The van der Waals surface area contributed by atoms with Crippen LogP contribution in [0.3, 0.4) is 0 Å². The van der Waals surface area contributed by atoms with Crippen molar-refractivity contribution in [2.45, 2.75) is 6.92 Å². The summed E-state index contributed by atoms with van der Waals surface area (Å²) in [5, 5.41) is 10.8. The number of Topliss-reactive ketones (excluding diaryl/α,β-unsaturated/α-hetero) is 1. The number of halogens is 2. The minimum Gasteiger partial charge on any atom is -0.437 e. The Balaban J connectivity index is 2.42. The van der Waals surface area contributed by atoms with E-state index in [1.54, 1.807) is 6.07 Å². The lowest BCUT2D eigenvalue weighted by atomic mass is 10.3. The van der Waals surface area contributed by atoms with Gasteiger partial charge in [0, 0.05) is 10.5 Å². The molecule has 0 radical (unpaired) electrons. The van der Waals surface area contributed by atoms with Crippen LogP contribution in [0.2, 0.25) is 0 Å². The average molecular weight is 360 g/mol. The largest absolute Gasteiger partial charge is 0.437 e. The molecule has 0 aliphatic heterocycles. The highest BCUT2D eigenvalue weighted by atomic mass is 79.9. The standard InChI is InChI=1S/C12H7BrFNO4S/c1-6(16)11-5-9(15(17)18)12(20-11)19-10-3-2-7(13)4-8(10)14/h2-5H,1H3. The molecule has 8 heteroatoms. The molecular weight excluding hydrogens is 353 g/mol. The van der Waals surface area contributed by atoms with Crippen molar-refractivity contribution in [3.63, 3.8) is 0 Å². The highest BCUT2D eigenvalue weighted by molar-refractivity contribution is 9.10. The zero-order chi connectivity index (χ0) is 14.9. The number of hydrogen-bond acceptors (Lipinski definition) is 5. The number of nitro groups is 1. The summed E-state index contributed by atoms with van der Waals surface area (Å²) in [5.74, 6) is -1.12. The predicted molar refractivity (Wildman–Crippen MR) is 75.2 cm³/mol. The summed E-state index contributed by atoms with van der Waals surface area (Å²) in [6.45, 7) is 1.29. The van der Waals surface area contributed by atoms with E-state index in [9.17, 15) is 19.3 Å². The minimum atomic E-state index is -0.672. The molecule has 5 nitrogen and oxygen atoms in total. The maximum atomic E-state index is 13.6. The van der Waals surface area contributed by atoms with Crippen molar-refractivity contribution in [2.75, 3.05) is 0 Å². The van der Waals surface area contributed by atoms with Crippen molar-refractivity contribution in [1.82, 2.24) is 0 Å². The highest BCUT2D eigenvalue weighted by Gasteiger charge is 2.23. The van der Waals surface area contributed by atoms with Gasteiger partial charge < -0.3 is 4.74 Å². The first kappa shape index (κ1) is 14.6. The summed E-state index contributed by atoms with van der Waals surface area (Å²) in [7, 11) is 0. The van der Waals surface area contributed by atoms with Crippen LogP contribution in [0, 0.1) is 15.9 Å². The Hall–Kier alpha value is -1.80. The second kappa shape index (κ2) is 5.68. The van der Waals surface area contributed by atoms with Crippen molar-refractivity contribution in [2.24, 2.45) is 0 Å². The molecule has 0 atom stereocenters. The van der Waals surface area contributed by atoms with Crippen LogP contribution in [0.25, 0.3) is 0 Å². The number of benzene rings is 1. The quantitative estimate of drug-likeness (QED) is 0.456. The molecule has 20 heavy (non-hydrogen) atoms. The van der Waals surface area contributed by atoms with Gasteiger partial charge in [0.15, 0.2) is 17.3 Å². The minimum absolute atomic E-state index is 0.124. The molecule has 1 aromatic heterocycles.